The lowest BCUT2D eigenvalue weighted by Crippen LogP contribution is -2.60. The van der Waals surface area contributed by atoms with Crippen LogP contribution >= 0.6 is 0 Å². The van der Waals surface area contributed by atoms with Crippen LogP contribution in [0.2, 0.25) is 0 Å². The molecule has 0 bridgehead atoms. The van der Waals surface area contributed by atoms with Crippen molar-refractivity contribution >= 4 is 82.9 Å². The second-order valence-electron chi connectivity index (χ2n) is 26.7. The number of nitrogens with two attached hydrogens (primary N) is 6. The van der Waals surface area contributed by atoms with Crippen LogP contribution in [-0.4, -0.2) is 229 Å². The smallest absolute Gasteiger partial charge is 0.326 e. The molecule has 3 heterocycles. The Hall–Kier alpha value is -12.1. The van der Waals surface area contributed by atoms with Gasteiger partial charge in [-0.3, -0.25) is 63.6 Å². The number of carbonyl (C=O) groups excluding carboxylic acids is 11. The van der Waals surface area contributed by atoms with E-state index in [0.717, 1.165) is 0 Å². The number of aliphatic carboxylic acids is 1. The average molecular weight is 1560 g/mol. The van der Waals surface area contributed by atoms with E-state index in [1.54, 1.807) is 30.3 Å². The van der Waals surface area contributed by atoms with Crippen molar-refractivity contribution < 1.29 is 67.7 Å². The molecule has 112 heavy (non-hydrogen) atoms. The van der Waals surface area contributed by atoms with Crippen LogP contribution in [0, 0.1) is 10.8 Å². The van der Waals surface area contributed by atoms with E-state index in [4.69, 9.17) is 45.2 Å². The van der Waals surface area contributed by atoms with Crippen molar-refractivity contribution in [3.05, 3.63) is 120 Å². The third-order valence-corrected chi connectivity index (χ3v) is 17.6. The number of rotatable bonds is 53. The molecule has 41 heteroatoms. The summed E-state index contributed by atoms with van der Waals surface area (Å²) in [5, 5.41) is 70.0. The predicted octanol–water partition coefficient (Wildman–Crippen LogP) is -5.62. The maximum absolute atomic E-state index is 14.8. The minimum absolute atomic E-state index is 0.0271. The number of carboxylic acid groups (broad SMARTS) is 1. The van der Waals surface area contributed by atoms with Crippen LogP contribution in [-0.2, 0) is 89.6 Å². The molecule has 0 aliphatic carbocycles. The topological polar surface area (TPSA) is 692 Å². The highest BCUT2D eigenvalue weighted by Crippen LogP contribution is 2.16. The number of nitrogens with one attached hydrogen (secondary N) is 18. The molecule has 0 spiro atoms. The number of hydrogen-bond donors (Lipinski definition) is 26. The Kier molecular flexibility index (Phi) is 39.7. The number of phenols is 1. The van der Waals surface area contributed by atoms with E-state index in [9.17, 15) is 67.7 Å². The minimum Gasteiger partial charge on any atom is -0.508 e. The largest absolute Gasteiger partial charge is 0.508 e. The molecule has 5 aromatic rings. The Labute approximate surface area is 646 Å². The van der Waals surface area contributed by atoms with Crippen molar-refractivity contribution in [2.45, 2.75) is 189 Å². The summed E-state index contributed by atoms with van der Waals surface area (Å²) >= 11 is 0. The van der Waals surface area contributed by atoms with Crippen LogP contribution in [0.25, 0.3) is 0 Å². The number of carboxylic acids is 1. The van der Waals surface area contributed by atoms with Crippen LogP contribution in [0.5, 0.6) is 5.75 Å². The molecule has 612 valence electrons. The second-order valence-corrected chi connectivity index (χ2v) is 26.7. The zero-order valence-electron chi connectivity index (χ0n) is 62.6. The monoisotopic (exact) mass is 1560 g/mol. The fraction of sp³-hybridized carbons (Fsp3) is 0.507. The number of aromatic amines is 3. The molecule has 0 radical (unpaired) electrons. The summed E-state index contributed by atoms with van der Waals surface area (Å²) in [6, 6.07) is -1.03. The normalized spacial score (nSPS) is 14.0. The van der Waals surface area contributed by atoms with Gasteiger partial charge in [0, 0.05) is 80.9 Å². The first-order valence-electron chi connectivity index (χ1n) is 36.9. The summed E-state index contributed by atoms with van der Waals surface area (Å²) in [7, 11) is 0. The number of aromatic nitrogens is 6. The summed E-state index contributed by atoms with van der Waals surface area (Å²) in [4.78, 5) is 191. The summed E-state index contributed by atoms with van der Waals surface area (Å²) in [6.45, 7) is 1.41. The van der Waals surface area contributed by atoms with Gasteiger partial charge in [0.05, 0.1) is 31.6 Å². The molecule has 32 N–H and O–H groups in total. The van der Waals surface area contributed by atoms with Gasteiger partial charge in [-0.05, 0) is 133 Å². The molecular weight excluding hydrogens is 1450 g/mol. The average Bonchev–Trinajstić information content (AvgIpc) is 1.24. The number of H-pyrrole nitrogens is 3. The highest BCUT2D eigenvalue weighted by atomic mass is 16.4. The SMILES string of the molecule is C[C@@H](N)C(=O)N[C@H](CCCCN)C(=O)N[C@H](CCCNC(=N)N)C(=O)N[C@H](Cc1cnc[nH]1)C(=O)N[C@H](Cc1cnc[nH]1)C(=O)NCC(=O)N[C@H](Cc1ccc(O)cc1)C(=O)N[C@H](CCCCN)C(=O)N[C@H](CCCNC(=N)N)C(=O)N[C@H](CCCCN)C(=O)N[C@H](Cc1ccccc1)C(=O)N[C@H](Cc1cnc[nH]1)C(=O)O. The standard InChI is InChI=1S/C71H109N27O14/c1-41(75)59(101)90-48(15-5-8-24-72)61(103)93-52(19-12-28-84-71(78)79)65(107)97-56(32-45-35-81-39-87-45)68(110)96-55(31-44-34-80-38-86-44)60(102)85-37-58(100)89-53(30-43-20-22-47(99)23-21-43)66(108)94-49(16-6-9-25-73)62(104)92-51(18-11-27-83-70(76)77)63(105)91-50(17-7-10-26-74)64(106)95-54(29-42-13-3-2-4-14-42)67(109)98-57(69(111)112)33-46-36-82-40-88-46/h2-4,13-14,20-23,34-36,38-41,48-57,99H,5-12,15-19,24-33,37,72-75H2,1H3,(H,80,86)(H,81,87)(H,82,88)(H,85,102)(H,89,100)(H,90,101)(H,91,105)(H,92,104)(H,93,103)(H,94,108)(H,95,106)(H,96,110)(H,97,107)(H,98,109)(H,111,112)(H4,76,77,83)(H4,78,79,84)/t41-,48-,49-,50-,51-,52-,53-,54-,55-,56-,57-/m1/s1. The van der Waals surface area contributed by atoms with Gasteiger partial charge in [0.25, 0.3) is 0 Å². The van der Waals surface area contributed by atoms with Crippen LogP contribution in [0.4, 0.5) is 0 Å². The van der Waals surface area contributed by atoms with Gasteiger partial charge in [-0.2, -0.15) is 0 Å². The molecule has 2 aromatic carbocycles. The van der Waals surface area contributed by atoms with Crippen LogP contribution < -0.4 is 104 Å². The van der Waals surface area contributed by atoms with Gasteiger partial charge in [0.15, 0.2) is 11.9 Å². The molecule has 0 saturated heterocycles. The molecule has 11 atom stereocenters. The molecule has 5 rings (SSSR count). The summed E-state index contributed by atoms with van der Waals surface area (Å²) in [6.07, 6.45) is 9.35. The van der Waals surface area contributed by atoms with Crippen molar-refractivity contribution in [1.29, 1.82) is 10.8 Å². The van der Waals surface area contributed by atoms with E-state index >= 15 is 0 Å². The van der Waals surface area contributed by atoms with Gasteiger partial charge >= 0.3 is 5.97 Å². The fourth-order valence-electron chi connectivity index (χ4n) is 11.5. The number of phenolic OH excluding ortho intramolecular Hbond substituents is 1. The Morgan fingerprint density at radius 3 is 1.05 bits per heavy atom. The van der Waals surface area contributed by atoms with Gasteiger partial charge in [0.1, 0.15) is 66.2 Å². The molecule has 41 nitrogen and oxygen atoms in total. The minimum atomic E-state index is -1.54. The van der Waals surface area contributed by atoms with Gasteiger partial charge < -0.3 is 129 Å². The third-order valence-electron chi connectivity index (χ3n) is 17.6. The number of guanidine groups is 2. The lowest BCUT2D eigenvalue weighted by atomic mass is 10.0. The van der Waals surface area contributed by atoms with Gasteiger partial charge in [-0.25, -0.2) is 19.7 Å². The lowest BCUT2D eigenvalue weighted by Gasteiger charge is -2.28. The predicted molar refractivity (Wildman–Crippen MR) is 409 cm³/mol. The molecule has 3 aromatic heterocycles. The number of carbonyl (C=O) groups is 12. The van der Waals surface area contributed by atoms with Crippen LogP contribution in [0.3, 0.4) is 0 Å². The van der Waals surface area contributed by atoms with E-state index in [0.29, 0.717) is 60.4 Å². The fourth-order valence-corrected chi connectivity index (χ4v) is 11.5. The first kappa shape index (κ1) is 90.5. The summed E-state index contributed by atoms with van der Waals surface area (Å²) in [5.74, 6) is -11.7. The first-order chi connectivity index (χ1) is 53.7. The molecule has 0 fully saturated rings. The number of unbranched alkanes of at least 4 members (excludes halogenated alkanes) is 3. The number of benzene rings is 2. The highest BCUT2D eigenvalue weighted by Gasteiger charge is 2.37. The third kappa shape index (κ3) is 33.8. The quantitative estimate of drug-likeness (QED) is 0.00980. The maximum Gasteiger partial charge on any atom is 0.326 e. The molecule has 11 amide bonds. The van der Waals surface area contributed by atoms with E-state index < -0.39 is 150 Å². The number of nitrogens with zero attached hydrogens (tertiary/aromatic N) is 3. The number of hydrogen-bond acceptors (Lipinski definition) is 22. The summed E-state index contributed by atoms with van der Waals surface area (Å²) < 4.78 is 0. The van der Waals surface area contributed by atoms with Crippen molar-refractivity contribution in [3.63, 3.8) is 0 Å². The summed E-state index contributed by atoms with van der Waals surface area (Å²) in [5.41, 5.74) is 36.4. The Bertz CT molecular complexity index is 3800. The van der Waals surface area contributed by atoms with Gasteiger partial charge in [-0.15, -0.1) is 0 Å². The molecule has 0 unspecified atom stereocenters. The van der Waals surface area contributed by atoms with E-state index in [1.165, 1.54) is 68.8 Å². The molecule has 0 aliphatic rings. The van der Waals surface area contributed by atoms with Gasteiger partial charge in [0.2, 0.25) is 65.0 Å². The van der Waals surface area contributed by atoms with Crippen LogP contribution in [0.15, 0.2) is 92.2 Å². The highest BCUT2D eigenvalue weighted by molar-refractivity contribution is 5.99. The number of aromatic hydroxyl groups is 1. The van der Waals surface area contributed by atoms with Crippen molar-refractivity contribution in [1.82, 2.24) is 99.0 Å². The van der Waals surface area contributed by atoms with E-state index in [1.807, 2.05) is 0 Å². The van der Waals surface area contributed by atoms with Gasteiger partial charge in [-0.1, -0.05) is 42.5 Å². The second kappa shape index (κ2) is 49.1. The molecule has 0 aliphatic heterocycles. The van der Waals surface area contributed by atoms with Crippen molar-refractivity contribution in [3.8, 4) is 5.75 Å². The zero-order chi connectivity index (χ0) is 81.9. The van der Waals surface area contributed by atoms with Crippen molar-refractivity contribution in [2.75, 3.05) is 39.3 Å². The van der Waals surface area contributed by atoms with E-state index in [2.05, 4.69) is 99.0 Å². The maximum atomic E-state index is 14.8. The molecular formula is C71H109N27O14. The Morgan fingerprint density at radius 2 is 0.705 bits per heavy atom. The Balaban J connectivity index is 1.39. The lowest BCUT2D eigenvalue weighted by molar-refractivity contribution is -0.142. The molecule has 0 saturated carbocycles. The van der Waals surface area contributed by atoms with Crippen molar-refractivity contribution in [2.24, 2.45) is 34.4 Å². The van der Waals surface area contributed by atoms with E-state index in [-0.39, 0.29) is 128 Å². The zero-order valence-corrected chi connectivity index (χ0v) is 62.6. The number of imidazole rings is 3. The number of amides is 11. The van der Waals surface area contributed by atoms with Crippen LogP contribution in [0.1, 0.15) is 119 Å². The Morgan fingerprint density at radius 1 is 0.393 bits per heavy atom. The first-order valence-corrected chi connectivity index (χ1v) is 36.9.